The highest BCUT2D eigenvalue weighted by atomic mass is 16.6. The molecule has 9 heteroatoms. The molecule has 0 radical (unpaired) electrons. The Balaban J connectivity index is 1.73. The standard InChI is InChI=1S/C26H26N2O7/c1-5-34-21-13-17(11-12-20(21)35-26(30)18-9-7-6-8-10-18)16-27-28-25(29)19-14-22(31-2)24(33-4)23(15-19)32-3/h6-16H,5H2,1-4H3,(H,28,29)/b27-16-. The number of ether oxygens (including phenoxy) is 5. The Bertz CT molecular complexity index is 1180. The van der Waals surface area contributed by atoms with Crippen molar-refractivity contribution in [2.45, 2.75) is 6.92 Å². The number of rotatable bonds is 10. The van der Waals surface area contributed by atoms with E-state index in [2.05, 4.69) is 10.5 Å². The fourth-order valence-corrected chi connectivity index (χ4v) is 3.13. The molecule has 1 N–H and O–H groups in total. The molecule has 0 bridgehead atoms. The SMILES string of the molecule is CCOc1cc(/C=N\NC(=O)c2cc(OC)c(OC)c(OC)c2)ccc1OC(=O)c1ccccc1. The summed E-state index contributed by atoms with van der Waals surface area (Å²) in [6, 6.07) is 16.7. The number of amides is 1. The van der Waals surface area contributed by atoms with Crippen LogP contribution in [-0.2, 0) is 0 Å². The molecule has 1 amide bonds. The molecule has 35 heavy (non-hydrogen) atoms. The zero-order chi connectivity index (χ0) is 25.2. The van der Waals surface area contributed by atoms with Crippen LogP contribution in [0.25, 0.3) is 0 Å². The van der Waals surface area contributed by atoms with Gasteiger partial charge in [-0.3, -0.25) is 4.79 Å². The summed E-state index contributed by atoms with van der Waals surface area (Å²) in [4.78, 5) is 25.0. The van der Waals surface area contributed by atoms with Gasteiger partial charge in [-0.15, -0.1) is 0 Å². The van der Waals surface area contributed by atoms with E-state index in [0.29, 0.717) is 40.7 Å². The number of hydrogen-bond donors (Lipinski definition) is 1. The van der Waals surface area contributed by atoms with Gasteiger partial charge in [0.1, 0.15) is 0 Å². The van der Waals surface area contributed by atoms with Crippen molar-refractivity contribution in [3.8, 4) is 28.7 Å². The average Bonchev–Trinajstić information content (AvgIpc) is 2.89. The number of hydrogen-bond acceptors (Lipinski definition) is 8. The molecular formula is C26H26N2O7. The summed E-state index contributed by atoms with van der Waals surface area (Å²) in [6.07, 6.45) is 1.45. The highest BCUT2D eigenvalue weighted by molar-refractivity contribution is 5.96. The van der Waals surface area contributed by atoms with Crippen molar-refractivity contribution in [2.75, 3.05) is 27.9 Å². The van der Waals surface area contributed by atoms with Gasteiger partial charge >= 0.3 is 5.97 Å². The molecule has 0 saturated carbocycles. The highest BCUT2D eigenvalue weighted by Crippen LogP contribution is 2.38. The van der Waals surface area contributed by atoms with Crippen LogP contribution in [0.2, 0.25) is 0 Å². The molecule has 0 atom stereocenters. The van der Waals surface area contributed by atoms with Crippen molar-refractivity contribution in [1.82, 2.24) is 5.43 Å². The maximum absolute atomic E-state index is 12.6. The van der Waals surface area contributed by atoms with Gasteiger partial charge in [0.25, 0.3) is 5.91 Å². The van der Waals surface area contributed by atoms with Crippen molar-refractivity contribution < 1.29 is 33.3 Å². The molecule has 3 aromatic rings. The first-order valence-electron chi connectivity index (χ1n) is 10.7. The van der Waals surface area contributed by atoms with Gasteiger partial charge in [-0.1, -0.05) is 18.2 Å². The summed E-state index contributed by atoms with van der Waals surface area (Å²) in [6.45, 7) is 2.19. The number of nitrogens with zero attached hydrogens (tertiary/aromatic N) is 1. The predicted octanol–water partition coefficient (Wildman–Crippen LogP) is 4.09. The molecule has 0 fully saturated rings. The Kier molecular flexibility index (Phi) is 8.66. The van der Waals surface area contributed by atoms with Crippen molar-refractivity contribution in [1.29, 1.82) is 0 Å². The quantitative estimate of drug-likeness (QED) is 0.202. The third-order valence-corrected chi connectivity index (χ3v) is 4.79. The lowest BCUT2D eigenvalue weighted by Gasteiger charge is -2.13. The molecule has 3 rings (SSSR count). The fourth-order valence-electron chi connectivity index (χ4n) is 3.13. The first-order valence-corrected chi connectivity index (χ1v) is 10.7. The molecule has 3 aromatic carbocycles. The summed E-state index contributed by atoms with van der Waals surface area (Å²) in [7, 11) is 4.41. The normalized spacial score (nSPS) is 10.5. The maximum Gasteiger partial charge on any atom is 0.343 e. The van der Waals surface area contributed by atoms with E-state index in [4.69, 9.17) is 23.7 Å². The number of carbonyl (C=O) groups excluding carboxylic acids is 2. The number of benzene rings is 3. The van der Waals surface area contributed by atoms with E-state index in [1.54, 1.807) is 42.5 Å². The number of methoxy groups -OCH3 is 3. The molecule has 0 aliphatic carbocycles. The largest absolute Gasteiger partial charge is 0.493 e. The first-order chi connectivity index (χ1) is 17.0. The topological polar surface area (TPSA) is 105 Å². The predicted molar refractivity (Wildman–Crippen MR) is 130 cm³/mol. The van der Waals surface area contributed by atoms with Gasteiger partial charge in [-0.25, -0.2) is 10.2 Å². The molecule has 0 aliphatic rings. The highest BCUT2D eigenvalue weighted by Gasteiger charge is 2.17. The Hall–Kier alpha value is -4.53. The number of esters is 1. The molecule has 9 nitrogen and oxygen atoms in total. The van der Waals surface area contributed by atoms with Crippen LogP contribution in [-0.4, -0.2) is 46.0 Å². The zero-order valence-corrected chi connectivity index (χ0v) is 19.9. The smallest absolute Gasteiger partial charge is 0.343 e. The van der Waals surface area contributed by atoms with E-state index in [-0.39, 0.29) is 11.3 Å². The summed E-state index contributed by atoms with van der Waals surface area (Å²) < 4.78 is 26.9. The summed E-state index contributed by atoms with van der Waals surface area (Å²) in [5.41, 5.74) is 3.78. The Morgan fingerprint density at radius 1 is 0.829 bits per heavy atom. The summed E-state index contributed by atoms with van der Waals surface area (Å²) in [5, 5.41) is 4.01. The minimum absolute atomic E-state index is 0.273. The number of nitrogens with one attached hydrogen (secondary N) is 1. The van der Waals surface area contributed by atoms with Gasteiger partial charge in [-0.2, -0.15) is 5.10 Å². The van der Waals surface area contributed by atoms with Gasteiger partial charge in [0.2, 0.25) is 5.75 Å². The van der Waals surface area contributed by atoms with Crippen LogP contribution in [0.5, 0.6) is 28.7 Å². The van der Waals surface area contributed by atoms with Gasteiger partial charge in [0.05, 0.1) is 39.7 Å². The number of hydrazone groups is 1. The lowest BCUT2D eigenvalue weighted by atomic mass is 10.1. The van der Waals surface area contributed by atoms with Gasteiger partial charge in [0, 0.05) is 5.56 Å². The van der Waals surface area contributed by atoms with E-state index >= 15 is 0 Å². The molecule has 0 aromatic heterocycles. The maximum atomic E-state index is 12.6. The van der Waals surface area contributed by atoms with Crippen LogP contribution in [0.3, 0.4) is 0 Å². The van der Waals surface area contributed by atoms with Crippen LogP contribution in [0.15, 0.2) is 65.8 Å². The molecule has 0 unspecified atom stereocenters. The van der Waals surface area contributed by atoms with E-state index in [9.17, 15) is 9.59 Å². The second kappa shape index (κ2) is 12.1. The van der Waals surface area contributed by atoms with Gasteiger partial charge < -0.3 is 23.7 Å². The first kappa shape index (κ1) is 25.1. The van der Waals surface area contributed by atoms with Crippen LogP contribution in [0, 0.1) is 0 Å². The van der Waals surface area contributed by atoms with Crippen molar-refractivity contribution in [2.24, 2.45) is 5.10 Å². The molecule has 0 spiro atoms. The van der Waals surface area contributed by atoms with Crippen LogP contribution in [0.1, 0.15) is 33.2 Å². The van der Waals surface area contributed by atoms with E-state index in [1.165, 1.54) is 39.7 Å². The fraction of sp³-hybridized carbons (Fsp3) is 0.192. The zero-order valence-electron chi connectivity index (χ0n) is 19.9. The lowest BCUT2D eigenvalue weighted by Crippen LogP contribution is -2.18. The van der Waals surface area contributed by atoms with Gasteiger partial charge in [-0.05, 0) is 55.0 Å². The summed E-state index contributed by atoms with van der Waals surface area (Å²) in [5.74, 6) is 0.762. The Labute approximate surface area is 203 Å². The Morgan fingerprint density at radius 3 is 2.11 bits per heavy atom. The third-order valence-electron chi connectivity index (χ3n) is 4.79. The van der Waals surface area contributed by atoms with Crippen LogP contribution >= 0.6 is 0 Å². The van der Waals surface area contributed by atoms with E-state index in [1.807, 2.05) is 13.0 Å². The molecule has 0 saturated heterocycles. The van der Waals surface area contributed by atoms with Crippen molar-refractivity contribution >= 4 is 18.1 Å². The third kappa shape index (κ3) is 6.29. The monoisotopic (exact) mass is 478 g/mol. The van der Waals surface area contributed by atoms with Gasteiger partial charge in [0.15, 0.2) is 23.0 Å². The summed E-state index contributed by atoms with van der Waals surface area (Å²) >= 11 is 0. The van der Waals surface area contributed by atoms with Crippen LogP contribution < -0.4 is 29.1 Å². The van der Waals surface area contributed by atoms with Crippen molar-refractivity contribution in [3.05, 3.63) is 77.4 Å². The molecule has 0 heterocycles. The van der Waals surface area contributed by atoms with Crippen molar-refractivity contribution in [3.63, 3.8) is 0 Å². The average molecular weight is 479 g/mol. The lowest BCUT2D eigenvalue weighted by molar-refractivity contribution is 0.0728. The minimum atomic E-state index is -0.495. The molecule has 182 valence electrons. The minimum Gasteiger partial charge on any atom is -0.493 e. The molecular weight excluding hydrogens is 452 g/mol. The second-order valence-electron chi connectivity index (χ2n) is 7.01. The van der Waals surface area contributed by atoms with E-state index < -0.39 is 11.9 Å². The molecule has 0 aliphatic heterocycles. The van der Waals surface area contributed by atoms with E-state index in [0.717, 1.165) is 0 Å². The van der Waals surface area contributed by atoms with Crippen LogP contribution in [0.4, 0.5) is 0 Å². The Morgan fingerprint density at radius 2 is 1.51 bits per heavy atom. The second-order valence-corrected chi connectivity index (χ2v) is 7.01. The number of carbonyl (C=O) groups is 2.